The van der Waals surface area contributed by atoms with Crippen LogP contribution in [0.2, 0.25) is 0 Å². The molecule has 1 rings (SSSR count). The van der Waals surface area contributed by atoms with Crippen LogP contribution >= 0.6 is 0 Å². The minimum atomic E-state index is -0.540. The summed E-state index contributed by atoms with van der Waals surface area (Å²) < 4.78 is 0. The predicted octanol–water partition coefficient (Wildman–Crippen LogP) is 1.15. The van der Waals surface area contributed by atoms with Gasteiger partial charge >= 0.3 is 0 Å². The minimum Gasteiger partial charge on any atom is -0.391 e. The Morgan fingerprint density at radius 3 is 2.83 bits per heavy atom. The zero-order valence-corrected chi connectivity index (χ0v) is 10.7. The zero-order valence-electron chi connectivity index (χ0n) is 10.7. The molecule has 0 saturated carbocycles. The van der Waals surface area contributed by atoms with E-state index in [0.29, 0.717) is 17.9 Å². The molecular weight excluding hydrogens is 230 g/mol. The van der Waals surface area contributed by atoms with E-state index in [2.05, 4.69) is 28.3 Å². The molecule has 1 aromatic heterocycles. The number of anilines is 2. The lowest BCUT2D eigenvalue weighted by atomic mass is 10.1. The second-order valence-electron chi connectivity index (χ2n) is 4.03. The first-order chi connectivity index (χ1) is 8.52. The van der Waals surface area contributed by atoms with Crippen LogP contribution in [0.25, 0.3) is 0 Å². The van der Waals surface area contributed by atoms with Gasteiger partial charge in [0.25, 0.3) is 0 Å². The Morgan fingerprint density at radius 1 is 1.61 bits per heavy atom. The van der Waals surface area contributed by atoms with Crippen LogP contribution in [0, 0.1) is 0 Å². The van der Waals surface area contributed by atoms with Gasteiger partial charge in [-0.25, -0.2) is 9.97 Å². The van der Waals surface area contributed by atoms with Crippen molar-refractivity contribution in [3.05, 3.63) is 19.0 Å². The Balaban J connectivity index is 3.03. The monoisotopic (exact) mass is 249 g/mol. The lowest BCUT2D eigenvalue weighted by Gasteiger charge is -2.30. The van der Waals surface area contributed by atoms with Gasteiger partial charge in [-0.2, -0.15) is 0 Å². The number of nitrogens with zero attached hydrogens (tertiary/aromatic N) is 4. The van der Waals surface area contributed by atoms with Gasteiger partial charge in [-0.1, -0.05) is 6.08 Å². The van der Waals surface area contributed by atoms with Gasteiger partial charge in [-0.05, 0) is 20.1 Å². The van der Waals surface area contributed by atoms with Crippen molar-refractivity contribution in [3.8, 4) is 0 Å². The van der Waals surface area contributed by atoms with E-state index < -0.39 is 6.10 Å². The number of hydrogen-bond donors (Lipinski definition) is 2. The number of likely N-dealkylation sites (N-methyl/N-ethyl adjacent to an activating group) is 1. The highest BCUT2D eigenvalue weighted by molar-refractivity contribution is 5.74. The molecule has 2 atom stereocenters. The molecule has 98 valence electrons. The van der Waals surface area contributed by atoms with Crippen molar-refractivity contribution in [2.24, 2.45) is 4.99 Å². The summed E-state index contributed by atoms with van der Waals surface area (Å²) in [5.41, 5.74) is 6.14. The fourth-order valence-corrected chi connectivity index (χ4v) is 1.61. The SMILES string of the molecule is C=CCC(O)C(C)N(C)c1ncnc(N)c1N=C. The van der Waals surface area contributed by atoms with Gasteiger partial charge in [0.1, 0.15) is 12.0 Å². The van der Waals surface area contributed by atoms with Gasteiger partial charge in [-0.3, -0.25) is 4.99 Å². The van der Waals surface area contributed by atoms with Crippen LogP contribution in [0.5, 0.6) is 0 Å². The van der Waals surface area contributed by atoms with Crippen molar-refractivity contribution in [2.45, 2.75) is 25.5 Å². The van der Waals surface area contributed by atoms with Gasteiger partial charge in [0.05, 0.1) is 12.1 Å². The Bertz CT molecular complexity index is 434. The van der Waals surface area contributed by atoms with Crippen molar-refractivity contribution in [3.63, 3.8) is 0 Å². The smallest absolute Gasteiger partial charge is 0.160 e. The highest BCUT2D eigenvalue weighted by atomic mass is 16.3. The van der Waals surface area contributed by atoms with Crippen LogP contribution in [-0.4, -0.2) is 41.0 Å². The van der Waals surface area contributed by atoms with E-state index in [1.54, 1.807) is 11.0 Å². The molecule has 1 heterocycles. The third-order valence-electron chi connectivity index (χ3n) is 2.90. The van der Waals surface area contributed by atoms with E-state index >= 15 is 0 Å². The predicted molar refractivity (Wildman–Crippen MR) is 74.3 cm³/mol. The topological polar surface area (TPSA) is 87.6 Å². The molecule has 6 nitrogen and oxygen atoms in total. The fraction of sp³-hybridized carbons (Fsp3) is 0.417. The maximum absolute atomic E-state index is 9.95. The van der Waals surface area contributed by atoms with Gasteiger partial charge in [0, 0.05) is 7.05 Å². The Labute approximate surface area is 107 Å². The summed E-state index contributed by atoms with van der Waals surface area (Å²) in [5.74, 6) is 0.820. The third kappa shape index (κ3) is 2.84. The number of aromatic nitrogens is 2. The molecule has 2 unspecified atom stereocenters. The standard InChI is InChI=1S/C12H19N5O/c1-5-6-9(18)8(2)17(4)12-10(14-3)11(13)15-7-16-12/h5,7-9,18H,1,3,6H2,2,4H3,(H2,13,15,16). The van der Waals surface area contributed by atoms with Crippen LogP contribution < -0.4 is 10.6 Å². The molecule has 0 spiro atoms. The molecule has 0 fully saturated rings. The molecule has 0 radical (unpaired) electrons. The number of nitrogen functional groups attached to an aromatic ring is 1. The number of hydrogen-bond acceptors (Lipinski definition) is 6. The second kappa shape index (κ2) is 6.11. The highest BCUT2D eigenvalue weighted by Gasteiger charge is 2.22. The van der Waals surface area contributed by atoms with Crippen LogP contribution in [0.4, 0.5) is 17.3 Å². The average molecular weight is 249 g/mol. The zero-order chi connectivity index (χ0) is 13.7. The number of aliphatic imine (C=N–C) groups is 1. The summed E-state index contributed by atoms with van der Waals surface area (Å²) in [6.07, 6.45) is 3.00. The lowest BCUT2D eigenvalue weighted by Crippen LogP contribution is -2.39. The van der Waals surface area contributed by atoms with Crippen LogP contribution in [0.15, 0.2) is 24.0 Å². The molecule has 0 aliphatic rings. The number of rotatable bonds is 6. The van der Waals surface area contributed by atoms with E-state index in [0.717, 1.165) is 0 Å². The quantitative estimate of drug-likeness (QED) is 0.583. The first-order valence-electron chi connectivity index (χ1n) is 5.61. The van der Waals surface area contributed by atoms with Crippen molar-refractivity contribution in [2.75, 3.05) is 17.7 Å². The Kier molecular flexibility index (Phi) is 4.79. The van der Waals surface area contributed by atoms with Crippen LogP contribution in [0.3, 0.4) is 0 Å². The first kappa shape index (κ1) is 14.1. The molecule has 6 heteroatoms. The summed E-state index contributed by atoms with van der Waals surface area (Å²) in [5, 5.41) is 9.95. The van der Waals surface area contributed by atoms with Crippen molar-refractivity contribution < 1.29 is 5.11 Å². The highest BCUT2D eigenvalue weighted by Crippen LogP contribution is 2.30. The van der Waals surface area contributed by atoms with Crippen molar-refractivity contribution in [1.82, 2.24) is 9.97 Å². The van der Waals surface area contributed by atoms with Gasteiger partial charge in [0.2, 0.25) is 0 Å². The molecule has 3 N–H and O–H groups in total. The summed E-state index contributed by atoms with van der Waals surface area (Å²) in [6, 6.07) is -0.155. The van der Waals surface area contributed by atoms with Crippen molar-refractivity contribution >= 4 is 24.0 Å². The molecule has 0 aromatic carbocycles. The average Bonchev–Trinajstić information content (AvgIpc) is 2.37. The summed E-state index contributed by atoms with van der Waals surface area (Å²) in [6.45, 7) is 8.96. The molecule has 0 amide bonds. The third-order valence-corrected chi connectivity index (χ3v) is 2.90. The summed E-state index contributed by atoms with van der Waals surface area (Å²) >= 11 is 0. The van der Waals surface area contributed by atoms with E-state index in [1.165, 1.54) is 6.33 Å². The fourth-order valence-electron chi connectivity index (χ4n) is 1.61. The normalized spacial score (nSPS) is 13.7. The van der Waals surface area contributed by atoms with Gasteiger partial charge in [0.15, 0.2) is 11.6 Å². The molecule has 0 aliphatic carbocycles. The molecule has 0 saturated heterocycles. The number of nitrogens with two attached hydrogens (primary N) is 1. The van der Waals surface area contributed by atoms with Gasteiger partial charge < -0.3 is 15.7 Å². The lowest BCUT2D eigenvalue weighted by molar-refractivity contribution is 0.151. The second-order valence-corrected chi connectivity index (χ2v) is 4.03. The van der Waals surface area contributed by atoms with E-state index in [9.17, 15) is 5.11 Å². The van der Waals surface area contributed by atoms with E-state index in [4.69, 9.17) is 5.73 Å². The molecule has 1 aromatic rings. The number of aliphatic hydroxyl groups is 1. The Hall–Kier alpha value is -1.95. The first-order valence-corrected chi connectivity index (χ1v) is 5.61. The maximum atomic E-state index is 9.95. The Morgan fingerprint density at radius 2 is 2.28 bits per heavy atom. The van der Waals surface area contributed by atoms with Crippen LogP contribution in [-0.2, 0) is 0 Å². The van der Waals surface area contributed by atoms with Gasteiger partial charge in [-0.15, -0.1) is 6.58 Å². The summed E-state index contributed by atoms with van der Waals surface area (Å²) in [7, 11) is 1.81. The maximum Gasteiger partial charge on any atom is 0.160 e. The number of aliphatic hydroxyl groups excluding tert-OH is 1. The summed E-state index contributed by atoms with van der Waals surface area (Å²) in [4.78, 5) is 13.6. The molecule has 0 bridgehead atoms. The molecule has 18 heavy (non-hydrogen) atoms. The molecule has 0 aliphatic heterocycles. The largest absolute Gasteiger partial charge is 0.391 e. The van der Waals surface area contributed by atoms with Crippen LogP contribution in [0.1, 0.15) is 13.3 Å². The van der Waals surface area contributed by atoms with E-state index in [1.807, 2.05) is 14.0 Å². The van der Waals surface area contributed by atoms with Crippen molar-refractivity contribution in [1.29, 1.82) is 0 Å². The molecular formula is C12H19N5O. The van der Waals surface area contributed by atoms with E-state index in [-0.39, 0.29) is 11.9 Å². The minimum absolute atomic E-state index is 0.155.